The molecule has 0 aliphatic carbocycles. The SMILES string of the molecule is FC(F)(F)c1ccccc1C1CCN(Cc2[nH]nc3ccccc23)CC1.O=C(O)C(F)(F)F. The Morgan fingerprint density at radius 2 is 1.58 bits per heavy atom. The number of H-pyrrole nitrogens is 1. The molecule has 0 amide bonds. The minimum atomic E-state index is -5.08. The van der Waals surface area contributed by atoms with Crippen molar-refractivity contribution in [1.29, 1.82) is 0 Å². The maximum atomic E-state index is 13.3. The van der Waals surface area contributed by atoms with Gasteiger partial charge in [0.05, 0.1) is 16.8 Å². The molecule has 1 aromatic heterocycles. The monoisotopic (exact) mass is 473 g/mol. The minimum Gasteiger partial charge on any atom is -0.475 e. The molecule has 4 rings (SSSR count). The Bertz CT molecular complexity index is 1090. The first-order chi connectivity index (χ1) is 15.5. The lowest BCUT2D eigenvalue weighted by atomic mass is 9.86. The molecule has 1 aliphatic rings. The molecule has 1 saturated heterocycles. The van der Waals surface area contributed by atoms with Crippen molar-refractivity contribution in [1.82, 2.24) is 15.1 Å². The predicted octanol–water partition coefficient (Wildman–Crippen LogP) is 5.59. The van der Waals surface area contributed by atoms with Crippen LogP contribution in [0.25, 0.3) is 10.9 Å². The first-order valence-electron chi connectivity index (χ1n) is 10.1. The van der Waals surface area contributed by atoms with Crippen molar-refractivity contribution in [2.75, 3.05) is 13.1 Å². The Morgan fingerprint density at radius 1 is 1.00 bits per heavy atom. The number of aliphatic carboxylic acids is 1. The maximum Gasteiger partial charge on any atom is 0.490 e. The number of piperidine rings is 1. The molecule has 0 spiro atoms. The maximum absolute atomic E-state index is 13.3. The molecule has 0 bridgehead atoms. The fraction of sp³-hybridized carbons (Fsp3) is 0.364. The average molecular weight is 473 g/mol. The van der Waals surface area contributed by atoms with Gasteiger partial charge in [-0.25, -0.2) is 4.79 Å². The molecule has 0 radical (unpaired) electrons. The van der Waals surface area contributed by atoms with E-state index in [1.54, 1.807) is 12.1 Å². The highest BCUT2D eigenvalue weighted by molar-refractivity contribution is 5.81. The summed E-state index contributed by atoms with van der Waals surface area (Å²) in [5, 5.41) is 15.6. The lowest BCUT2D eigenvalue weighted by Crippen LogP contribution is -2.33. The second kappa shape index (κ2) is 9.82. The first kappa shape index (κ1) is 24.6. The molecule has 11 heteroatoms. The van der Waals surface area contributed by atoms with Crippen molar-refractivity contribution < 1.29 is 36.2 Å². The fourth-order valence-electron chi connectivity index (χ4n) is 3.87. The van der Waals surface area contributed by atoms with Crippen LogP contribution in [0, 0.1) is 0 Å². The van der Waals surface area contributed by atoms with E-state index in [1.165, 1.54) is 12.1 Å². The third kappa shape index (κ3) is 6.25. The van der Waals surface area contributed by atoms with Crippen molar-refractivity contribution >= 4 is 16.9 Å². The van der Waals surface area contributed by atoms with Crippen LogP contribution in [0.2, 0.25) is 0 Å². The van der Waals surface area contributed by atoms with Crippen LogP contribution in [0.15, 0.2) is 48.5 Å². The molecule has 1 aliphatic heterocycles. The van der Waals surface area contributed by atoms with Crippen LogP contribution in [0.4, 0.5) is 26.3 Å². The van der Waals surface area contributed by atoms with E-state index in [9.17, 15) is 26.3 Å². The molecule has 2 N–H and O–H groups in total. The third-order valence-corrected chi connectivity index (χ3v) is 5.46. The number of aromatic nitrogens is 2. The Morgan fingerprint density at radius 3 is 2.18 bits per heavy atom. The summed E-state index contributed by atoms with van der Waals surface area (Å²) in [7, 11) is 0. The van der Waals surface area contributed by atoms with Crippen molar-refractivity contribution in [3.05, 3.63) is 65.4 Å². The van der Waals surface area contributed by atoms with E-state index in [0.717, 1.165) is 49.1 Å². The van der Waals surface area contributed by atoms with Gasteiger partial charge in [0.1, 0.15) is 0 Å². The van der Waals surface area contributed by atoms with Gasteiger partial charge in [0.25, 0.3) is 0 Å². The van der Waals surface area contributed by atoms with Crippen LogP contribution in [0.5, 0.6) is 0 Å². The Labute approximate surface area is 185 Å². The number of hydrogen-bond donors (Lipinski definition) is 2. The number of benzene rings is 2. The zero-order valence-corrected chi connectivity index (χ0v) is 17.2. The van der Waals surface area contributed by atoms with E-state index in [0.29, 0.717) is 5.56 Å². The van der Waals surface area contributed by atoms with E-state index in [-0.39, 0.29) is 5.92 Å². The van der Waals surface area contributed by atoms with Gasteiger partial charge >= 0.3 is 18.3 Å². The topological polar surface area (TPSA) is 69.2 Å². The molecular formula is C22H21F6N3O2. The van der Waals surface area contributed by atoms with E-state index >= 15 is 0 Å². The smallest absolute Gasteiger partial charge is 0.475 e. The van der Waals surface area contributed by atoms with Gasteiger partial charge in [0.15, 0.2) is 0 Å². The van der Waals surface area contributed by atoms with E-state index < -0.39 is 23.9 Å². The number of carboxylic acids is 1. The highest BCUT2D eigenvalue weighted by atomic mass is 19.4. The molecule has 0 atom stereocenters. The van der Waals surface area contributed by atoms with Gasteiger partial charge in [-0.05, 0) is 49.5 Å². The van der Waals surface area contributed by atoms with Crippen molar-refractivity contribution in [3.8, 4) is 0 Å². The molecule has 178 valence electrons. The summed E-state index contributed by atoms with van der Waals surface area (Å²) in [5.41, 5.74) is 1.95. The molecular weight excluding hydrogens is 452 g/mol. The lowest BCUT2D eigenvalue weighted by Gasteiger charge is -2.33. The Kier molecular flexibility index (Phi) is 7.31. The van der Waals surface area contributed by atoms with Gasteiger partial charge in [-0.3, -0.25) is 10.00 Å². The molecule has 0 unspecified atom stereocenters. The standard InChI is InChI=1S/C20H20F3N3.C2HF3O2/c21-20(22,23)17-7-3-1-5-15(17)14-9-11-26(12-10-14)13-19-16-6-2-4-8-18(16)24-25-19;3-2(4,5)1(6)7/h1-8,14H,9-13H2,(H,24,25);(H,6,7). The summed E-state index contributed by atoms with van der Waals surface area (Å²) in [5.74, 6) is -2.80. The number of likely N-dealkylation sites (tertiary alicyclic amines) is 1. The summed E-state index contributed by atoms with van der Waals surface area (Å²) in [4.78, 5) is 11.2. The van der Waals surface area contributed by atoms with Crippen molar-refractivity contribution in [2.24, 2.45) is 0 Å². The molecule has 33 heavy (non-hydrogen) atoms. The number of para-hydroxylation sites is 1. The van der Waals surface area contributed by atoms with Crippen LogP contribution < -0.4 is 0 Å². The zero-order valence-electron chi connectivity index (χ0n) is 17.2. The number of rotatable bonds is 3. The zero-order chi connectivity index (χ0) is 24.2. The molecule has 5 nitrogen and oxygen atoms in total. The second-order valence-corrected chi connectivity index (χ2v) is 7.66. The van der Waals surface area contributed by atoms with Gasteiger partial charge in [-0.1, -0.05) is 36.4 Å². The number of carbonyl (C=O) groups is 1. The number of aromatic amines is 1. The van der Waals surface area contributed by atoms with E-state index in [1.807, 2.05) is 24.3 Å². The molecule has 3 aromatic rings. The largest absolute Gasteiger partial charge is 0.490 e. The number of alkyl halides is 6. The second-order valence-electron chi connectivity index (χ2n) is 7.66. The number of fused-ring (bicyclic) bond motifs is 1. The molecule has 2 aromatic carbocycles. The molecule has 0 saturated carbocycles. The minimum absolute atomic E-state index is 0.0393. The van der Waals surface area contributed by atoms with Gasteiger partial charge in [-0.15, -0.1) is 0 Å². The van der Waals surface area contributed by atoms with E-state index in [2.05, 4.69) is 15.1 Å². The summed E-state index contributed by atoms with van der Waals surface area (Å²) < 4.78 is 71.5. The first-order valence-corrected chi connectivity index (χ1v) is 10.1. The summed E-state index contributed by atoms with van der Waals surface area (Å²) in [6.45, 7) is 2.31. The summed E-state index contributed by atoms with van der Waals surface area (Å²) >= 11 is 0. The number of carboxylic acid groups (broad SMARTS) is 1. The summed E-state index contributed by atoms with van der Waals surface area (Å²) in [6.07, 6.45) is -7.90. The van der Waals surface area contributed by atoms with Crippen LogP contribution in [-0.4, -0.2) is 45.4 Å². The molecule has 2 heterocycles. The van der Waals surface area contributed by atoms with Crippen LogP contribution in [0.3, 0.4) is 0 Å². The van der Waals surface area contributed by atoms with Crippen LogP contribution in [-0.2, 0) is 17.5 Å². The van der Waals surface area contributed by atoms with E-state index in [4.69, 9.17) is 9.90 Å². The average Bonchev–Trinajstić information content (AvgIpc) is 3.16. The normalized spacial score (nSPS) is 15.8. The Hall–Kier alpha value is -3.08. The van der Waals surface area contributed by atoms with Gasteiger partial charge in [0.2, 0.25) is 0 Å². The van der Waals surface area contributed by atoms with Gasteiger partial charge < -0.3 is 5.11 Å². The fourth-order valence-corrected chi connectivity index (χ4v) is 3.87. The lowest BCUT2D eigenvalue weighted by molar-refractivity contribution is -0.192. The van der Waals surface area contributed by atoms with Crippen molar-refractivity contribution in [2.45, 2.75) is 37.7 Å². The summed E-state index contributed by atoms with van der Waals surface area (Å²) in [6, 6.07) is 13.9. The van der Waals surface area contributed by atoms with Crippen molar-refractivity contribution in [3.63, 3.8) is 0 Å². The Balaban J connectivity index is 0.000000383. The number of nitrogens with one attached hydrogen (secondary N) is 1. The number of hydrogen-bond acceptors (Lipinski definition) is 3. The van der Waals surface area contributed by atoms with Gasteiger partial charge in [0, 0.05) is 11.9 Å². The number of nitrogens with zero attached hydrogens (tertiary/aromatic N) is 2. The third-order valence-electron chi connectivity index (χ3n) is 5.46. The highest BCUT2D eigenvalue weighted by Gasteiger charge is 2.38. The van der Waals surface area contributed by atoms with Crippen LogP contribution in [0.1, 0.15) is 35.6 Å². The van der Waals surface area contributed by atoms with Gasteiger partial charge in [-0.2, -0.15) is 31.4 Å². The highest BCUT2D eigenvalue weighted by Crippen LogP contribution is 2.38. The predicted molar refractivity (Wildman–Crippen MR) is 108 cm³/mol. The quantitative estimate of drug-likeness (QED) is 0.487. The molecule has 1 fully saturated rings. The number of halogens is 6. The van der Waals surface area contributed by atoms with Crippen LogP contribution >= 0.6 is 0 Å².